The number of carbonyl (C=O) groups is 1. The molecule has 17 heavy (non-hydrogen) atoms. The smallest absolute Gasteiger partial charge is 0.343 e. The van der Waals surface area contributed by atoms with Crippen molar-refractivity contribution >= 4 is 17.9 Å². The Bertz CT molecular complexity index is 351. The lowest BCUT2D eigenvalue weighted by Gasteiger charge is -2.03. The van der Waals surface area contributed by atoms with Gasteiger partial charge in [-0.25, -0.2) is 4.79 Å². The Morgan fingerprint density at radius 3 is 2.41 bits per heavy atom. The van der Waals surface area contributed by atoms with Crippen LogP contribution in [0.1, 0.15) is 34.6 Å². The van der Waals surface area contributed by atoms with Gasteiger partial charge in [0.05, 0.1) is 12.8 Å². The van der Waals surface area contributed by atoms with Crippen LogP contribution in [0.15, 0.2) is 21.5 Å². The summed E-state index contributed by atoms with van der Waals surface area (Å²) < 4.78 is 4.77. The van der Waals surface area contributed by atoms with Crippen molar-refractivity contribution in [1.29, 1.82) is 0 Å². The largest absolute Gasteiger partial charge is 0.512 e. The minimum atomic E-state index is -0.603. The molecular weight excluding hydrogens is 220 g/mol. The summed E-state index contributed by atoms with van der Waals surface area (Å²) in [4.78, 5) is 11.4. The highest BCUT2D eigenvalue weighted by Gasteiger charge is 2.11. The molecule has 0 saturated carbocycles. The average molecular weight is 240 g/mol. The molecule has 0 spiro atoms. The van der Waals surface area contributed by atoms with E-state index in [1.54, 1.807) is 6.92 Å². The van der Waals surface area contributed by atoms with Gasteiger partial charge in [-0.05, 0) is 26.7 Å². The van der Waals surface area contributed by atoms with Gasteiger partial charge >= 0.3 is 5.97 Å². The number of hydrogen-bond donors (Lipinski definition) is 1. The maximum absolute atomic E-state index is 11.4. The van der Waals surface area contributed by atoms with Gasteiger partial charge in [-0.2, -0.15) is 10.2 Å². The molecule has 0 aliphatic rings. The Morgan fingerprint density at radius 2 is 2.00 bits per heavy atom. The summed E-state index contributed by atoms with van der Waals surface area (Å²) in [6, 6.07) is 0. The minimum absolute atomic E-state index is 0.0205. The first-order chi connectivity index (χ1) is 7.90. The highest BCUT2D eigenvalue weighted by molar-refractivity contribution is 6.09. The Labute approximate surface area is 102 Å². The molecule has 5 nitrogen and oxygen atoms in total. The van der Waals surface area contributed by atoms with E-state index >= 15 is 0 Å². The second-order valence-electron chi connectivity index (χ2n) is 3.86. The maximum Gasteiger partial charge on any atom is 0.343 e. The molecule has 5 heteroatoms. The topological polar surface area (TPSA) is 71.2 Å². The molecule has 0 fully saturated rings. The van der Waals surface area contributed by atoms with Crippen LogP contribution >= 0.6 is 0 Å². The summed E-state index contributed by atoms with van der Waals surface area (Å²) in [5.74, 6) is -0.448. The lowest BCUT2D eigenvalue weighted by molar-refractivity contribution is -0.138. The number of aliphatic hydroxyl groups excluding tert-OH is 1. The lowest BCUT2D eigenvalue weighted by Crippen LogP contribution is -2.10. The first-order valence-electron chi connectivity index (χ1n) is 5.54. The van der Waals surface area contributed by atoms with E-state index in [4.69, 9.17) is 4.74 Å². The van der Waals surface area contributed by atoms with Crippen LogP contribution in [0.4, 0.5) is 0 Å². The molecule has 0 aromatic rings. The van der Waals surface area contributed by atoms with Gasteiger partial charge in [0.1, 0.15) is 11.3 Å². The maximum atomic E-state index is 11.4. The molecule has 0 rings (SSSR count). The molecule has 0 aliphatic carbocycles. The SMILES string of the molecule is CCOC(=O)C(C=NN=C(C)C(C)C)=C(C)O. The van der Waals surface area contributed by atoms with Gasteiger partial charge in [0.15, 0.2) is 0 Å². The standard InChI is InChI=1S/C12H20N2O3/c1-6-17-12(16)11(10(5)15)7-13-14-9(4)8(2)3/h7-8,15H,6H2,1-5H3. The summed E-state index contributed by atoms with van der Waals surface area (Å²) in [6.45, 7) is 9.18. The van der Waals surface area contributed by atoms with Gasteiger partial charge in [-0.15, -0.1) is 0 Å². The van der Waals surface area contributed by atoms with E-state index in [1.807, 2.05) is 20.8 Å². The fraction of sp³-hybridized carbons (Fsp3) is 0.583. The lowest BCUT2D eigenvalue weighted by atomic mass is 10.1. The summed E-state index contributed by atoms with van der Waals surface area (Å²) in [6.07, 6.45) is 1.21. The summed E-state index contributed by atoms with van der Waals surface area (Å²) in [5.41, 5.74) is 0.868. The Morgan fingerprint density at radius 1 is 1.41 bits per heavy atom. The van der Waals surface area contributed by atoms with Crippen LogP contribution in [-0.2, 0) is 9.53 Å². The van der Waals surface area contributed by atoms with E-state index in [2.05, 4.69) is 10.2 Å². The quantitative estimate of drug-likeness (QED) is 0.264. The van der Waals surface area contributed by atoms with Gasteiger partial charge in [0.25, 0.3) is 0 Å². The van der Waals surface area contributed by atoms with Crippen LogP contribution in [0.5, 0.6) is 0 Å². The number of hydrogen-bond acceptors (Lipinski definition) is 5. The fourth-order valence-corrected chi connectivity index (χ4v) is 0.796. The third-order valence-electron chi connectivity index (χ3n) is 2.12. The zero-order valence-electron chi connectivity index (χ0n) is 11.0. The third-order valence-corrected chi connectivity index (χ3v) is 2.12. The summed E-state index contributed by atoms with van der Waals surface area (Å²) in [7, 11) is 0. The Kier molecular flexibility index (Phi) is 6.86. The minimum Gasteiger partial charge on any atom is -0.512 e. The van der Waals surface area contributed by atoms with Crippen LogP contribution in [0, 0.1) is 5.92 Å². The van der Waals surface area contributed by atoms with Gasteiger partial charge in [-0.1, -0.05) is 13.8 Å². The molecule has 96 valence electrons. The van der Waals surface area contributed by atoms with E-state index in [9.17, 15) is 9.90 Å². The summed E-state index contributed by atoms with van der Waals surface area (Å²) in [5, 5.41) is 17.0. The van der Waals surface area contributed by atoms with Crippen molar-refractivity contribution in [3.05, 3.63) is 11.3 Å². The molecule has 0 aromatic carbocycles. The first kappa shape index (κ1) is 15.3. The molecule has 0 bridgehead atoms. The van der Waals surface area contributed by atoms with Gasteiger partial charge in [0.2, 0.25) is 0 Å². The predicted molar refractivity (Wildman–Crippen MR) is 68.4 cm³/mol. The molecule has 0 unspecified atom stereocenters. The first-order valence-corrected chi connectivity index (χ1v) is 5.54. The van der Waals surface area contributed by atoms with Crippen LogP contribution in [0.25, 0.3) is 0 Å². The van der Waals surface area contributed by atoms with Gasteiger partial charge in [-0.3, -0.25) is 0 Å². The number of esters is 1. The summed E-state index contributed by atoms with van der Waals surface area (Å²) >= 11 is 0. The molecule has 0 saturated heterocycles. The van der Waals surface area contributed by atoms with Crippen molar-refractivity contribution in [3.63, 3.8) is 0 Å². The Balaban J connectivity index is 4.82. The van der Waals surface area contributed by atoms with E-state index < -0.39 is 5.97 Å². The predicted octanol–water partition coefficient (Wildman–Crippen LogP) is 2.48. The molecule has 0 atom stereocenters. The average Bonchev–Trinajstić information content (AvgIpc) is 2.23. The molecule has 0 radical (unpaired) electrons. The van der Waals surface area contributed by atoms with Crippen LogP contribution in [-0.4, -0.2) is 29.6 Å². The van der Waals surface area contributed by atoms with Crippen molar-refractivity contribution < 1.29 is 14.6 Å². The Hall–Kier alpha value is -1.65. The number of nitrogens with zero attached hydrogens (tertiary/aromatic N) is 2. The number of ether oxygens (including phenoxy) is 1. The van der Waals surface area contributed by atoms with E-state index in [-0.39, 0.29) is 23.9 Å². The van der Waals surface area contributed by atoms with Crippen molar-refractivity contribution in [3.8, 4) is 0 Å². The zero-order valence-corrected chi connectivity index (χ0v) is 11.0. The van der Waals surface area contributed by atoms with Crippen LogP contribution in [0.2, 0.25) is 0 Å². The normalized spacial score (nSPS) is 14.1. The second-order valence-corrected chi connectivity index (χ2v) is 3.86. The van der Waals surface area contributed by atoms with Crippen molar-refractivity contribution in [2.45, 2.75) is 34.6 Å². The fourth-order valence-electron chi connectivity index (χ4n) is 0.796. The zero-order chi connectivity index (χ0) is 13.4. The van der Waals surface area contributed by atoms with Gasteiger partial charge < -0.3 is 9.84 Å². The molecule has 0 amide bonds. The highest BCUT2D eigenvalue weighted by atomic mass is 16.5. The molecular formula is C12H20N2O3. The van der Waals surface area contributed by atoms with E-state index in [0.29, 0.717) is 0 Å². The number of allylic oxidation sites excluding steroid dienone is 1. The highest BCUT2D eigenvalue weighted by Crippen LogP contribution is 2.02. The number of rotatable bonds is 5. The van der Waals surface area contributed by atoms with Crippen LogP contribution in [0.3, 0.4) is 0 Å². The molecule has 0 heterocycles. The molecule has 1 N–H and O–H groups in total. The monoisotopic (exact) mass is 240 g/mol. The van der Waals surface area contributed by atoms with Gasteiger partial charge in [0, 0.05) is 5.71 Å². The molecule has 0 aromatic heterocycles. The van der Waals surface area contributed by atoms with Crippen molar-refractivity contribution in [1.82, 2.24) is 0 Å². The molecule has 0 aliphatic heterocycles. The van der Waals surface area contributed by atoms with Crippen molar-refractivity contribution in [2.75, 3.05) is 6.61 Å². The number of carbonyl (C=O) groups excluding carboxylic acids is 1. The van der Waals surface area contributed by atoms with Crippen LogP contribution < -0.4 is 0 Å². The number of aliphatic hydroxyl groups is 1. The van der Waals surface area contributed by atoms with E-state index in [1.165, 1.54) is 13.1 Å². The second kappa shape index (κ2) is 7.60. The van der Waals surface area contributed by atoms with Crippen molar-refractivity contribution in [2.24, 2.45) is 16.1 Å². The third kappa shape index (κ3) is 5.85. The van der Waals surface area contributed by atoms with E-state index in [0.717, 1.165) is 5.71 Å².